The first kappa shape index (κ1) is 16.5. The van der Waals surface area contributed by atoms with Crippen molar-refractivity contribution in [3.8, 4) is 0 Å². The van der Waals surface area contributed by atoms with Crippen LogP contribution in [0.15, 0.2) is 24.3 Å². The van der Waals surface area contributed by atoms with Crippen LogP contribution in [0, 0.1) is 11.3 Å². The van der Waals surface area contributed by atoms with Crippen molar-refractivity contribution in [1.82, 2.24) is 5.32 Å². The van der Waals surface area contributed by atoms with Crippen LogP contribution in [0.1, 0.15) is 57.1 Å². The van der Waals surface area contributed by atoms with Crippen LogP contribution in [0.2, 0.25) is 0 Å². The molecule has 0 bridgehead atoms. The van der Waals surface area contributed by atoms with Gasteiger partial charge in [0.2, 0.25) is 5.91 Å². The molecule has 1 amide bonds. The van der Waals surface area contributed by atoms with E-state index in [9.17, 15) is 9.59 Å². The molecule has 0 heterocycles. The lowest BCUT2D eigenvalue weighted by Gasteiger charge is -2.19. The Labute approximate surface area is 131 Å². The minimum atomic E-state index is -0.932. The number of aliphatic carboxylic acids is 1. The van der Waals surface area contributed by atoms with E-state index in [0.717, 1.165) is 6.42 Å². The van der Waals surface area contributed by atoms with Gasteiger partial charge in [-0.15, -0.1) is 0 Å². The zero-order valence-corrected chi connectivity index (χ0v) is 13.7. The molecule has 2 N–H and O–H groups in total. The minimum absolute atomic E-state index is 0.0190. The molecule has 2 rings (SSSR count). The first-order valence-electron chi connectivity index (χ1n) is 7.83. The second-order valence-corrected chi connectivity index (χ2v) is 7.18. The number of benzene rings is 1. The SMILES string of the molecule is CC(C)c1ccc(C2CC2C(=O)NCC(C)(C)C(=O)O)cc1. The summed E-state index contributed by atoms with van der Waals surface area (Å²) in [6.45, 7) is 7.71. The van der Waals surface area contributed by atoms with E-state index in [-0.39, 0.29) is 24.3 Å². The molecule has 1 fully saturated rings. The van der Waals surface area contributed by atoms with E-state index in [2.05, 4.69) is 43.4 Å². The number of amides is 1. The maximum atomic E-state index is 12.1. The number of carboxylic acid groups (broad SMARTS) is 1. The van der Waals surface area contributed by atoms with Gasteiger partial charge in [0.05, 0.1) is 5.41 Å². The number of nitrogens with one attached hydrogen (secondary N) is 1. The van der Waals surface area contributed by atoms with Gasteiger partial charge in [0.25, 0.3) is 0 Å². The summed E-state index contributed by atoms with van der Waals surface area (Å²) in [6, 6.07) is 8.46. The monoisotopic (exact) mass is 303 g/mol. The number of hydrogen-bond donors (Lipinski definition) is 2. The normalized spacial score (nSPS) is 20.8. The maximum Gasteiger partial charge on any atom is 0.310 e. The maximum absolute atomic E-state index is 12.1. The molecule has 1 saturated carbocycles. The van der Waals surface area contributed by atoms with Gasteiger partial charge in [-0.25, -0.2) is 0 Å². The van der Waals surface area contributed by atoms with E-state index >= 15 is 0 Å². The predicted octanol–water partition coefficient (Wildman–Crippen LogP) is 3.14. The third-order valence-electron chi connectivity index (χ3n) is 4.44. The topological polar surface area (TPSA) is 66.4 Å². The van der Waals surface area contributed by atoms with Crippen molar-refractivity contribution < 1.29 is 14.7 Å². The average molecular weight is 303 g/mol. The third kappa shape index (κ3) is 3.67. The van der Waals surface area contributed by atoms with E-state index in [1.165, 1.54) is 11.1 Å². The smallest absolute Gasteiger partial charge is 0.310 e. The lowest BCUT2D eigenvalue weighted by atomic mass is 9.94. The summed E-state index contributed by atoms with van der Waals surface area (Å²) >= 11 is 0. The molecule has 1 aliphatic carbocycles. The van der Waals surface area contributed by atoms with Gasteiger partial charge in [-0.3, -0.25) is 9.59 Å². The predicted molar refractivity (Wildman–Crippen MR) is 85.8 cm³/mol. The van der Waals surface area contributed by atoms with E-state index in [0.29, 0.717) is 5.92 Å². The highest BCUT2D eigenvalue weighted by Gasteiger charge is 2.44. The number of carbonyl (C=O) groups is 2. The largest absolute Gasteiger partial charge is 0.481 e. The van der Waals surface area contributed by atoms with Gasteiger partial charge in [0.15, 0.2) is 0 Å². The molecule has 0 spiro atoms. The molecule has 2 unspecified atom stereocenters. The molecule has 0 aromatic heterocycles. The number of rotatable bonds is 6. The van der Waals surface area contributed by atoms with Crippen LogP contribution in [0.25, 0.3) is 0 Å². The van der Waals surface area contributed by atoms with Crippen molar-refractivity contribution in [2.24, 2.45) is 11.3 Å². The third-order valence-corrected chi connectivity index (χ3v) is 4.44. The fraction of sp³-hybridized carbons (Fsp3) is 0.556. The molecule has 0 aliphatic heterocycles. The Bertz CT molecular complexity index is 560. The van der Waals surface area contributed by atoms with Crippen molar-refractivity contribution in [2.75, 3.05) is 6.54 Å². The second kappa shape index (κ2) is 6.11. The Morgan fingerprint density at radius 2 is 1.86 bits per heavy atom. The zero-order valence-electron chi connectivity index (χ0n) is 13.7. The summed E-state index contributed by atoms with van der Waals surface area (Å²) in [5, 5.41) is 11.8. The Hall–Kier alpha value is -1.84. The molecule has 2 atom stereocenters. The van der Waals surface area contributed by atoms with Crippen molar-refractivity contribution in [2.45, 2.75) is 46.0 Å². The van der Waals surface area contributed by atoms with Crippen LogP contribution in [0.4, 0.5) is 0 Å². The first-order valence-corrected chi connectivity index (χ1v) is 7.83. The standard InChI is InChI=1S/C18H25NO3/c1-11(2)12-5-7-13(8-6-12)14-9-15(14)16(20)19-10-18(3,4)17(21)22/h5-8,11,14-15H,9-10H2,1-4H3,(H,19,20)(H,21,22). The van der Waals surface area contributed by atoms with Crippen LogP contribution in [0.5, 0.6) is 0 Å². The van der Waals surface area contributed by atoms with Gasteiger partial charge in [-0.2, -0.15) is 0 Å². The van der Waals surface area contributed by atoms with E-state index in [1.54, 1.807) is 13.8 Å². The second-order valence-electron chi connectivity index (χ2n) is 7.18. The summed E-state index contributed by atoms with van der Waals surface area (Å²) in [5.74, 6) is -0.175. The van der Waals surface area contributed by atoms with Crippen LogP contribution in [-0.2, 0) is 9.59 Å². The van der Waals surface area contributed by atoms with Gasteiger partial charge in [0, 0.05) is 12.5 Å². The van der Waals surface area contributed by atoms with E-state index in [1.807, 2.05) is 0 Å². The molecule has 4 nitrogen and oxygen atoms in total. The summed E-state index contributed by atoms with van der Waals surface area (Å²) < 4.78 is 0. The van der Waals surface area contributed by atoms with E-state index < -0.39 is 11.4 Å². The molecular formula is C18H25NO3. The van der Waals surface area contributed by atoms with Crippen molar-refractivity contribution in [1.29, 1.82) is 0 Å². The lowest BCUT2D eigenvalue weighted by molar-refractivity contribution is -0.146. The van der Waals surface area contributed by atoms with Gasteiger partial charge < -0.3 is 10.4 Å². The average Bonchev–Trinajstić information content (AvgIpc) is 3.25. The molecule has 1 aromatic carbocycles. The number of hydrogen-bond acceptors (Lipinski definition) is 2. The van der Waals surface area contributed by atoms with Crippen molar-refractivity contribution >= 4 is 11.9 Å². The molecule has 4 heteroatoms. The fourth-order valence-electron chi connectivity index (χ4n) is 2.50. The van der Waals surface area contributed by atoms with Gasteiger partial charge in [0.1, 0.15) is 0 Å². The van der Waals surface area contributed by atoms with Crippen molar-refractivity contribution in [3.63, 3.8) is 0 Å². The van der Waals surface area contributed by atoms with Gasteiger partial charge in [-0.05, 0) is 43.2 Å². The van der Waals surface area contributed by atoms with Crippen LogP contribution in [-0.4, -0.2) is 23.5 Å². The number of carboxylic acids is 1. The number of carbonyl (C=O) groups excluding carboxylic acids is 1. The van der Waals surface area contributed by atoms with Crippen LogP contribution in [0.3, 0.4) is 0 Å². The van der Waals surface area contributed by atoms with Crippen molar-refractivity contribution in [3.05, 3.63) is 35.4 Å². The molecular weight excluding hydrogens is 278 g/mol. The molecule has 0 radical (unpaired) electrons. The quantitative estimate of drug-likeness (QED) is 0.848. The molecule has 1 aliphatic rings. The zero-order chi connectivity index (χ0) is 16.5. The summed E-state index contributed by atoms with van der Waals surface area (Å²) in [7, 11) is 0. The summed E-state index contributed by atoms with van der Waals surface area (Å²) in [6.07, 6.45) is 0.848. The molecule has 120 valence electrons. The fourth-order valence-corrected chi connectivity index (χ4v) is 2.50. The van der Waals surface area contributed by atoms with Gasteiger partial charge in [-0.1, -0.05) is 38.1 Å². The Morgan fingerprint density at radius 1 is 1.27 bits per heavy atom. The minimum Gasteiger partial charge on any atom is -0.481 e. The highest BCUT2D eigenvalue weighted by Crippen LogP contribution is 2.47. The first-order chi connectivity index (χ1) is 10.2. The Morgan fingerprint density at radius 3 is 2.36 bits per heavy atom. The summed E-state index contributed by atoms with van der Waals surface area (Å²) in [4.78, 5) is 23.2. The molecule has 0 saturated heterocycles. The summed E-state index contributed by atoms with van der Waals surface area (Å²) in [5.41, 5.74) is 1.56. The van der Waals surface area contributed by atoms with Crippen LogP contribution < -0.4 is 5.32 Å². The molecule has 1 aromatic rings. The molecule has 22 heavy (non-hydrogen) atoms. The van der Waals surface area contributed by atoms with Crippen LogP contribution >= 0.6 is 0 Å². The van der Waals surface area contributed by atoms with Gasteiger partial charge >= 0.3 is 5.97 Å². The Balaban J connectivity index is 1.89. The Kier molecular flexibility index (Phi) is 4.59. The van der Waals surface area contributed by atoms with E-state index in [4.69, 9.17) is 5.11 Å². The lowest BCUT2D eigenvalue weighted by Crippen LogP contribution is -2.39. The highest BCUT2D eigenvalue weighted by atomic mass is 16.4. The highest BCUT2D eigenvalue weighted by molar-refractivity contribution is 5.83.